The minimum absolute atomic E-state index is 0.0564. The second kappa shape index (κ2) is 7.35. The Morgan fingerprint density at radius 1 is 1.29 bits per heavy atom. The highest BCUT2D eigenvalue weighted by Crippen LogP contribution is 2.38. The molecule has 0 radical (unpaired) electrons. The summed E-state index contributed by atoms with van der Waals surface area (Å²) >= 11 is 1.60. The van der Waals surface area contributed by atoms with Gasteiger partial charge in [-0.05, 0) is 31.3 Å². The normalized spacial score (nSPS) is 22.3. The third kappa shape index (κ3) is 3.26. The van der Waals surface area contributed by atoms with Gasteiger partial charge in [0.1, 0.15) is 15.7 Å². The SMILES string of the molecule is O=[S@]1CCc2nc(N3CC=C(c4nn5ccnc5s4)CC3)nc(NC3(CO)CCC3)c21. The van der Waals surface area contributed by atoms with Crippen molar-refractivity contribution < 1.29 is 9.32 Å². The zero-order chi connectivity index (χ0) is 21.0. The number of imidazole rings is 1. The number of nitrogens with one attached hydrogen (secondary N) is 1. The summed E-state index contributed by atoms with van der Waals surface area (Å²) < 4.78 is 14.4. The standard InChI is InChI=1S/C20H23N7O2S2/c28-12-20(5-1-6-20)24-16-15-14(4-11-31(15)29)22-18(23-16)26-8-2-13(3-9-26)17-25-27-10-7-21-19(27)30-17/h2,7,10,28H,1,3-6,8-9,11-12H2,(H,22,23,24)/t31-/m0/s1. The number of fused-ring (bicyclic) bond motifs is 2. The van der Waals surface area contributed by atoms with Crippen LogP contribution in [0.3, 0.4) is 0 Å². The Morgan fingerprint density at radius 3 is 2.90 bits per heavy atom. The van der Waals surface area contributed by atoms with Gasteiger partial charge in [0.15, 0.2) is 0 Å². The summed E-state index contributed by atoms with van der Waals surface area (Å²) in [6.07, 6.45) is 10.2. The number of rotatable bonds is 5. The van der Waals surface area contributed by atoms with E-state index in [4.69, 9.17) is 9.97 Å². The molecule has 11 heteroatoms. The van der Waals surface area contributed by atoms with Crippen molar-refractivity contribution in [1.82, 2.24) is 24.6 Å². The molecule has 5 heterocycles. The van der Waals surface area contributed by atoms with Crippen LogP contribution in [0, 0.1) is 0 Å². The summed E-state index contributed by atoms with van der Waals surface area (Å²) in [4.78, 5) is 17.7. The van der Waals surface area contributed by atoms with Crippen LogP contribution in [0.4, 0.5) is 11.8 Å². The third-order valence-electron chi connectivity index (χ3n) is 6.41. The van der Waals surface area contributed by atoms with Crippen molar-refractivity contribution >= 4 is 44.4 Å². The van der Waals surface area contributed by atoms with E-state index in [-0.39, 0.29) is 12.1 Å². The predicted octanol–water partition coefficient (Wildman–Crippen LogP) is 1.87. The number of aryl methyl sites for hydroxylation is 1. The number of aliphatic hydroxyl groups is 1. The second-order valence-corrected chi connectivity index (χ2v) is 10.8. The first kappa shape index (κ1) is 19.3. The minimum Gasteiger partial charge on any atom is -0.394 e. The molecule has 0 spiro atoms. The largest absolute Gasteiger partial charge is 0.394 e. The van der Waals surface area contributed by atoms with Crippen LogP contribution in [0.5, 0.6) is 0 Å². The maximum Gasteiger partial charge on any atom is 0.227 e. The molecule has 162 valence electrons. The monoisotopic (exact) mass is 457 g/mol. The Hall–Kier alpha value is -2.37. The first-order chi connectivity index (χ1) is 15.1. The number of nitrogens with zero attached hydrogens (tertiary/aromatic N) is 6. The van der Waals surface area contributed by atoms with Crippen LogP contribution in [0.1, 0.15) is 36.4 Å². The van der Waals surface area contributed by atoms with E-state index in [2.05, 4.69) is 26.4 Å². The van der Waals surface area contributed by atoms with E-state index < -0.39 is 10.8 Å². The Balaban J connectivity index is 1.28. The zero-order valence-electron chi connectivity index (χ0n) is 17.0. The first-order valence-electron chi connectivity index (χ1n) is 10.6. The molecule has 1 atom stereocenters. The van der Waals surface area contributed by atoms with Gasteiger partial charge in [0.25, 0.3) is 0 Å². The Labute approximate surface area is 185 Å². The zero-order valence-corrected chi connectivity index (χ0v) is 18.6. The van der Waals surface area contributed by atoms with E-state index in [1.165, 1.54) is 5.57 Å². The molecule has 0 amide bonds. The van der Waals surface area contributed by atoms with Crippen LogP contribution in [0.25, 0.3) is 10.5 Å². The van der Waals surface area contributed by atoms with Crippen molar-refractivity contribution in [3.05, 3.63) is 29.2 Å². The van der Waals surface area contributed by atoms with Gasteiger partial charge < -0.3 is 15.3 Å². The molecule has 1 aliphatic carbocycles. The van der Waals surface area contributed by atoms with Crippen molar-refractivity contribution in [3.63, 3.8) is 0 Å². The van der Waals surface area contributed by atoms with Gasteiger partial charge in [-0.3, -0.25) is 4.21 Å². The molecule has 0 saturated heterocycles. The first-order valence-corrected chi connectivity index (χ1v) is 12.7. The molecular weight excluding hydrogens is 434 g/mol. The molecule has 0 aromatic carbocycles. The van der Waals surface area contributed by atoms with Crippen LogP contribution in [-0.4, -0.2) is 64.9 Å². The van der Waals surface area contributed by atoms with Crippen LogP contribution in [0.15, 0.2) is 23.4 Å². The van der Waals surface area contributed by atoms with E-state index >= 15 is 0 Å². The van der Waals surface area contributed by atoms with Crippen molar-refractivity contribution in [2.45, 2.75) is 42.5 Å². The highest BCUT2D eigenvalue weighted by Gasteiger charge is 2.39. The maximum absolute atomic E-state index is 12.6. The van der Waals surface area contributed by atoms with Crippen molar-refractivity contribution in [2.24, 2.45) is 0 Å². The van der Waals surface area contributed by atoms with Crippen molar-refractivity contribution in [1.29, 1.82) is 0 Å². The van der Waals surface area contributed by atoms with Crippen LogP contribution >= 0.6 is 11.3 Å². The van der Waals surface area contributed by atoms with E-state index in [0.717, 1.165) is 52.8 Å². The molecule has 31 heavy (non-hydrogen) atoms. The second-order valence-electron chi connectivity index (χ2n) is 8.35. The lowest BCUT2D eigenvalue weighted by Crippen LogP contribution is -2.48. The minimum atomic E-state index is -1.09. The quantitative estimate of drug-likeness (QED) is 0.598. The summed E-state index contributed by atoms with van der Waals surface area (Å²) in [6.45, 7) is 1.55. The molecular formula is C20H23N7O2S2. The van der Waals surface area contributed by atoms with Crippen LogP contribution in [0.2, 0.25) is 0 Å². The van der Waals surface area contributed by atoms with Gasteiger partial charge in [0, 0.05) is 31.5 Å². The topological polar surface area (TPSA) is 109 Å². The van der Waals surface area contributed by atoms with E-state index in [9.17, 15) is 9.32 Å². The predicted molar refractivity (Wildman–Crippen MR) is 120 cm³/mol. The number of hydrogen-bond donors (Lipinski definition) is 2. The molecule has 0 unspecified atom stereocenters. The molecule has 3 aromatic heterocycles. The molecule has 3 aliphatic rings. The van der Waals surface area contributed by atoms with Gasteiger partial charge >= 0.3 is 0 Å². The lowest BCUT2D eigenvalue weighted by atomic mass is 9.77. The molecule has 6 rings (SSSR count). The third-order valence-corrected chi connectivity index (χ3v) is 8.89. The van der Waals surface area contributed by atoms with Crippen molar-refractivity contribution in [3.8, 4) is 0 Å². The fraction of sp³-hybridized carbons (Fsp3) is 0.500. The van der Waals surface area contributed by atoms with Gasteiger partial charge in [-0.2, -0.15) is 10.1 Å². The molecule has 0 bridgehead atoms. The smallest absolute Gasteiger partial charge is 0.227 e. The number of aromatic nitrogens is 5. The van der Waals surface area contributed by atoms with Crippen LogP contribution < -0.4 is 10.2 Å². The number of aliphatic hydroxyl groups excluding tert-OH is 1. The molecule has 1 fully saturated rings. The van der Waals surface area contributed by atoms with E-state index in [1.807, 2.05) is 10.7 Å². The molecule has 9 nitrogen and oxygen atoms in total. The summed E-state index contributed by atoms with van der Waals surface area (Å²) in [5.41, 5.74) is 1.75. The Morgan fingerprint density at radius 2 is 2.19 bits per heavy atom. The lowest BCUT2D eigenvalue weighted by molar-refractivity contribution is 0.143. The Bertz CT molecular complexity index is 1180. The molecule has 3 aromatic rings. The molecule has 2 aliphatic heterocycles. The van der Waals surface area contributed by atoms with Crippen LogP contribution in [-0.2, 0) is 17.2 Å². The average Bonchev–Trinajstić information content (AvgIpc) is 3.46. The van der Waals surface area contributed by atoms with Gasteiger partial charge in [-0.15, -0.1) is 0 Å². The van der Waals surface area contributed by atoms with E-state index in [1.54, 1.807) is 17.5 Å². The highest BCUT2D eigenvalue weighted by molar-refractivity contribution is 7.85. The Kier molecular flexibility index (Phi) is 4.58. The van der Waals surface area contributed by atoms with Gasteiger partial charge in [-0.1, -0.05) is 17.4 Å². The molecule has 2 N–H and O–H groups in total. The summed E-state index contributed by atoms with van der Waals surface area (Å²) in [6, 6.07) is 0. The van der Waals surface area contributed by atoms with Gasteiger partial charge in [0.2, 0.25) is 10.9 Å². The maximum atomic E-state index is 12.6. The van der Waals surface area contributed by atoms with Crippen molar-refractivity contribution in [2.75, 3.05) is 35.7 Å². The summed E-state index contributed by atoms with van der Waals surface area (Å²) in [5, 5.41) is 19.0. The fourth-order valence-electron chi connectivity index (χ4n) is 4.40. The summed E-state index contributed by atoms with van der Waals surface area (Å²) in [7, 11) is -1.09. The average molecular weight is 458 g/mol. The van der Waals surface area contributed by atoms with Gasteiger partial charge in [-0.25, -0.2) is 14.5 Å². The van der Waals surface area contributed by atoms with Gasteiger partial charge in [0.05, 0.1) is 34.8 Å². The fourth-order valence-corrected chi connectivity index (χ4v) is 6.63. The number of hydrogen-bond acceptors (Lipinski definition) is 9. The number of anilines is 2. The summed E-state index contributed by atoms with van der Waals surface area (Å²) in [5.74, 6) is 1.89. The lowest BCUT2D eigenvalue weighted by Gasteiger charge is -2.41. The highest BCUT2D eigenvalue weighted by atomic mass is 32.2. The van der Waals surface area contributed by atoms with E-state index in [0.29, 0.717) is 30.5 Å². The molecule has 1 saturated carbocycles.